The molecule has 3 nitrogen and oxygen atoms in total. The van der Waals surface area contributed by atoms with E-state index in [0.29, 0.717) is 22.3 Å². The number of hydrogen-bond acceptors (Lipinski definition) is 3. The molecule has 0 radical (unpaired) electrons. The number of rotatable bonds is 2. The van der Waals surface area contributed by atoms with Crippen LogP contribution < -0.4 is 5.11 Å². The van der Waals surface area contributed by atoms with Crippen molar-refractivity contribution < 1.29 is 9.90 Å². The summed E-state index contributed by atoms with van der Waals surface area (Å²) in [6, 6.07) is 14.9. The van der Waals surface area contributed by atoms with E-state index in [0.717, 1.165) is 35.2 Å². The van der Waals surface area contributed by atoms with E-state index in [1.54, 1.807) is 6.07 Å². The normalized spacial score (nSPS) is 15.3. The highest BCUT2D eigenvalue weighted by Crippen LogP contribution is 2.35. The standard InChI is InChI=1S/C21H16ClNO2/c22-15-10-8-13(9-11-15)12-14-4-3-6-17-19(21(24)25)16-5-1-2-7-18(16)23-20(14)17/h1-2,5,7-12H,3-4,6H2,(H,24,25)/p-1/b14-12+. The lowest BCUT2D eigenvalue weighted by Crippen LogP contribution is -2.26. The second-order valence-electron chi connectivity index (χ2n) is 6.19. The Labute approximate surface area is 150 Å². The van der Waals surface area contributed by atoms with Crippen LogP contribution in [0.5, 0.6) is 0 Å². The van der Waals surface area contributed by atoms with Gasteiger partial charge in [0.05, 0.1) is 17.2 Å². The monoisotopic (exact) mass is 348 g/mol. The molecule has 1 aromatic heterocycles. The molecule has 0 amide bonds. The lowest BCUT2D eigenvalue weighted by Gasteiger charge is -2.23. The number of carboxylic acids is 1. The number of hydrogen-bond donors (Lipinski definition) is 0. The number of halogens is 1. The smallest absolute Gasteiger partial charge is 0.0725 e. The predicted octanol–water partition coefficient (Wildman–Crippen LogP) is 4.13. The van der Waals surface area contributed by atoms with E-state index >= 15 is 0 Å². The number of pyridine rings is 1. The van der Waals surface area contributed by atoms with Gasteiger partial charge in [-0.25, -0.2) is 4.98 Å². The molecule has 3 aromatic rings. The Kier molecular flexibility index (Phi) is 4.02. The number of benzene rings is 2. The summed E-state index contributed by atoms with van der Waals surface area (Å²) in [5.74, 6) is -1.14. The predicted molar refractivity (Wildman–Crippen MR) is 98.3 cm³/mol. The number of carbonyl (C=O) groups excluding carboxylic acids is 1. The van der Waals surface area contributed by atoms with Crippen LogP contribution >= 0.6 is 11.6 Å². The molecule has 1 heterocycles. The van der Waals surface area contributed by atoms with Crippen LogP contribution in [0.15, 0.2) is 48.5 Å². The minimum atomic E-state index is -1.14. The molecular weight excluding hydrogens is 334 g/mol. The van der Waals surface area contributed by atoms with Gasteiger partial charge in [-0.15, -0.1) is 0 Å². The van der Waals surface area contributed by atoms with Gasteiger partial charge >= 0.3 is 0 Å². The maximum absolute atomic E-state index is 11.8. The third kappa shape index (κ3) is 2.92. The van der Waals surface area contributed by atoms with Gasteiger partial charge in [-0.3, -0.25) is 0 Å². The molecule has 0 N–H and O–H groups in total. The fourth-order valence-corrected chi connectivity index (χ4v) is 3.59. The molecule has 0 atom stereocenters. The topological polar surface area (TPSA) is 53.0 Å². The van der Waals surface area contributed by atoms with Crippen molar-refractivity contribution in [2.45, 2.75) is 19.3 Å². The molecule has 0 saturated carbocycles. The van der Waals surface area contributed by atoms with Crippen LogP contribution in [0.3, 0.4) is 0 Å². The van der Waals surface area contributed by atoms with Gasteiger partial charge in [-0.1, -0.05) is 41.9 Å². The van der Waals surface area contributed by atoms with Crippen molar-refractivity contribution in [3.05, 3.63) is 75.9 Å². The van der Waals surface area contributed by atoms with Gasteiger partial charge in [-0.2, -0.15) is 0 Å². The number of carboxylic acid groups (broad SMARTS) is 1. The third-order valence-electron chi connectivity index (χ3n) is 4.59. The first-order valence-corrected chi connectivity index (χ1v) is 8.61. The van der Waals surface area contributed by atoms with Crippen LogP contribution in [0.25, 0.3) is 22.6 Å². The fraction of sp³-hybridized carbons (Fsp3) is 0.143. The number of allylic oxidation sites excluding steroid dienone is 1. The van der Waals surface area contributed by atoms with E-state index < -0.39 is 5.97 Å². The van der Waals surface area contributed by atoms with Gasteiger partial charge in [0.15, 0.2) is 0 Å². The maximum Gasteiger partial charge on any atom is 0.0725 e. The number of nitrogens with zero attached hydrogens (tertiary/aromatic N) is 1. The first-order valence-electron chi connectivity index (χ1n) is 8.23. The Morgan fingerprint density at radius 3 is 2.60 bits per heavy atom. The van der Waals surface area contributed by atoms with Crippen LogP contribution in [0.4, 0.5) is 0 Å². The number of carbonyl (C=O) groups is 1. The molecule has 2 aromatic carbocycles. The van der Waals surface area contributed by atoms with Crippen molar-refractivity contribution in [3.63, 3.8) is 0 Å². The Morgan fingerprint density at radius 2 is 1.84 bits per heavy atom. The largest absolute Gasteiger partial charge is 0.545 e. The van der Waals surface area contributed by atoms with Crippen molar-refractivity contribution in [1.29, 1.82) is 0 Å². The van der Waals surface area contributed by atoms with E-state index in [1.807, 2.05) is 42.5 Å². The van der Waals surface area contributed by atoms with Crippen LogP contribution in [0.2, 0.25) is 5.02 Å². The minimum Gasteiger partial charge on any atom is -0.545 e. The quantitative estimate of drug-likeness (QED) is 0.699. The molecule has 0 spiro atoms. The van der Waals surface area contributed by atoms with Gasteiger partial charge in [0.1, 0.15) is 0 Å². The number of fused-ring (bicyclic) bond motifs is 2. The van der Waals surface area contributed by atoms with Crippen molar-refractivity contribution in [2.24, 2.45) is 0 Å². The average Bonchev–Trinajstić information content (AvgIpc) is 2.62. The molecule has 124 valence electrons. The van der Waals surface area contributed by atoms with E-state index in [9.17, 15) is 9.90 Å². The first kappa shape index (κ1) is 15.9. The number of aromatic carboxylic acids is 1. The molecule has 0 aliphatic heterocycles. The molecule has 1 aliphatic rings. The highest BCUT2D eigenvalue weighted by atomic mass is 35.5. The van der Waals surface area contributed by atoms with Crippen LogP contribution in [-0.4, -0.2) is 11.0 Å². The number of para-hydroxylation sites is 1. The Bertz CT molecular complexity index is 1010. The molecule has 4 heteroatoms. The molecule has 4 rings (SSSR count). The number of aromatic nitrogens is 1. The minimum absolute atomic E-state index is 0.280. The molecule has 1 aliphatic carbocycles. The Morgan fingerprint density at radius 1 is 1.08 bits per heavy atom. The van der Waals surface area contributed by atoms with E-state index in [2.05, 4.69) is 6.08 Å². The van der Waals surface area contributed by atoms with Gasteiger partial charge in [-0.05, 0) is 60.2 Å². The van der Waals surface area contributed by atoms with Gasteiger partial charge < -0.3 is 9.90 Å². The molecule has 25 heavy (non-hydrogen) atoms. The molecule has 0 bridgehead atoms. The van der Waals surface area contributed by atoms with E-state index in [1.165, 1.54) is 0 Å². The summed E-state index contributed by atoms with van der Waals surface area (Å²) in [7, 11) is 0. The maximum atomic E-state index is 11.8. The van der Waals surface area contributed by atoms with Crippen LogP contribution in [0.1, 0.15) is 40.0 Å². The average molecular weight is 349 g/mol. The summed E-state index contributed by atoms with van der Waals surface area (Å²) >= 11 is 5.95. The van der Waals surface area contributed by atoms with Crippen LogP contribution in [-0.2, 0) is 6.42 Å². The molecule has 0 fully saturated rings. The zero-order valence-corrected chi connectivity index (χ0v) is 14.2. The van der Waals surface area contributed by atoms with Gasteiger partial charge in [0, 0.05) is 16.0 Å². The summed E-state index contributed by atoms with van der Waals surface area (Å²) in [5.41, 5.74) is 4.60. The summed E-state index contributed by atoms with van der Waals surface area (Å²) in [6.45, 7) is 0. The van der Waals surface area contributed by atoms with Crippen LogP contribution in [0, 0.1) is 0 Å². The van der Waals surface area contributed by atoms with Gasteiger partial charge in [0.2, 0.25) is 0 Å². The van der Waals surface area contributed by atoms with Crippen molar-refractivity contribution >= 4 is 40.1 Å². The van der Waals surface area contributed by atoms with E-state index in [-0.39, 0.29) is 5.56 Å². The Balaban J connectivity index is 1.95. The van der Waals surface area contributed by atoms with Gasteiger partial charge in [0.25, 0.3) is 0 Å². The van der Waals surface area contributed by atoms with E-state index in [4.69, 9.17) is 16.6 Å². The van der Waals surface area contributed by atoms with Crippen molar-refractivity contribution in [1.82, 2.24) is 4.98 Å². The summed E-state index contributed by atoms with van der Waals surface area (Å²) in [6.07, 6.45) is 4.53. The summed E-state index contributed by atoms with van der Waals surface area (Å²) < 4.78 is 0. The Hall–Kier alpha value is -2.65. The third-order valence-corrected chi connectivity index (χ3v) is 4.84. The fourth-order valence-electron chi connectivity index (χ4n) is 3.47. The second-order valence-corrected chi connectivity index (χ2v) is 6.63. The zero-order valence-electron chi connectivity index (χ0n) is 13.5. The first-order chi connectivity index (χ1) is 12.1. The molecule has 0 unspecified atom stereocenters. The lowest BCUT2D eigenvalue weighted by molar-refractivity contribution is -0.254. The van der Waals surface area contributed by atoms with Crippen molar-refractivity contribution in [3.8, 4) is 0 Å². The van der Waals surface area contributed by atoms with Crippen molar-refractivity contribution in [2.75, 3.05) is 0 Å². The highest BCUT2D eigenvalue weighted by molar-refractivity contribution is 6.30. The highest BCUT2D eigenvalue weighted by Gasteiger charge is 2.21. The lowest BCUT2D eigenvalue weighted by atomic mass is 9.86. The SMILES string of the molecule is O=C([O-])c1c2c(nc3ccccc13)/C(=C/c1ccc(Cl)cc1)CCC2. The molecule has 0 saturated heterocycles. The zero-order chi connectivity index (χ0) is 17.4. The summed E-state index contributed by atoms with van der Waals surface area (Å²) in [5, 5.41) is 13.2. The second kappa shape index (κ2) is 6.34. The summed E-state index contributed by atoms with van der Waals surface area (Å²) in [4.78, 5) is 16.6. The molecular formula is C21H15ClNO2-.